The molecule has 21 heavy (non-hydrogen) atoms. The average molecular weight is 311 g/mol. The molecule has 1 unspecified atom stereocenters. The van der Waals surface area contributed by atoms with E-state index < -0.39 is 5.60 Å². The minimum atomic E-state index is -0.727. The molecule has 5 nitrogen and oxygen atoms in total. The van der Waals surface area contributed by atoms with Gasteiger partial charge in [-0.3, -0.25) is 0 Å². The molecule has 1 aromatic rings. The van der Waals surface area contributed by atoms with E-state index in [0.29, 0.717) is 6.54 Å². The third-order valence-electron chi connectivity index (χ3n) is 4.00. The lowest BCUT2D eigenvalue weighted by atomic mass is 9.85. The first-order valence-electron chi connectivity index (χ1n) is 7.74. The van der Waals surface area contributed by atoms with Gasteiger partial charge in [-0.2, -0.15) is 0 Å². The van der Waals surface area contributed by atoms with Crippen LogP contribution in [0.2, 0.25) is 0 Å². The Kier molecular flexibility index (Phi) is 5.58. The molecule has 1 heterocycles. The normalized spacial score (nSPS) is 19.0. The van der Waals surface area contributed by atoms with E-state index in [1.54, 1.807) is 11.3 Å². The van der Waals surface area contributed by atoms with E-state index in [2.05, 4.69) is 22.5 Å². The second-order valence-corrected chi connectivity index (χ2v) is 7.00. The van der Waals surface area contributed by atoms with E-state index in [9.17, 15) is 9.90 Å². The number of aliphatic hydroxyl groups is 1. The molecule has 6 heteroatoms. The van der Waals surface area contributed by atoms with Crippen molar-refractivity contribution in [2.45, 2.75) is 64.0 Å². The molecule has 2 rings (SSSR count). The lowest BCUT2D eigenvalue weighted by molar-refractivity contribution is 0.00714. The fraction of sp³-hybridized carbons (Fsp3) is 0.733. The molecule has 1 fully saturated rings. The summed E-state index contributed by atoms with van der Waals surface area (Å²) in [6.07, 6.45) is 7.62. The lowest BCUT2D eigenvalue weighted by Crippen LogP contribution is -2.47. The van der Waals surface area contributed by atoms with Gasteiger partial charge in [0.25, 0.3) is 0 Å². The standard InChI is InChI=1S/C15H25N3O2S/c1-3-12-9-16-13(21-12)11(2)18-14(19)17-10-15(20)7-5-4-6-8-15/h9,11,20H,3-8,10H2,1-2H3,(H2,17,18,19). The molecular formula is C15H25N3O2S. The topological polar surface area (TPSA) is 74.2 Å². The zero-order valence-corrected chi connectivity index (χ0v) is 13.6. The number of rotatable bonds is 5. The number of thiazole rings is 1. The van der Waals surface area contributed by atoms with Gasteiger partial charge in [0.1, 0.15) is 5.01 Å². The molecule has 0 saturated heterocycles. The van der Waals surface area contributed by atoms with Gasteiger partial charge in [0.15, 0.2) is 0 Å². The molecular weight excluding hydrogens is 286 g/mol. The molecule has 1 atom stereocenters. The number of carbonyl (C=O) groups is 1. The first kappa shape index (κ1) is 16.2. The van der Waals surface area contributed by atoms with Crippen molar-refractivity contribution in [2.75, 3.05) is 6.54 Å². The molecule has 1 aliphatic rings. The Morgan fingerprint density at radius 1 is 1.48 bits per heavy atom. The van der Waals surface area contributed by atoms with Crippen molar-refractivity contribution in [3.8, 4) is 0 Å². The minimum absolute atomic E-state index is 0.115. The van der Waals surface area contributed by atoms with Crippen LogP contribution >= 0.6 is 11.3 Å². The average Bonchev–Trinajstić information content (AvgIpc) is 2.95. The molecule has 1 aromatic heterocycles. The quantitative estimate of drug-likeness (QED) is 0.783. The van der Waals surface area contributed by atoms with Crippen molar-refractivity contribution in [3.05, 3.63) is 16.1 Å². The van der Waals surface area contributed by atoms with Crippen molar-refractivity contribution in [3.63, 3.8) is 0 Å². The molecule has 1 aliphatic carbocycles. The van der Waals surface area contributed by atoms with Crippen molar-refractivity contribution in [1.82, 2.24) is 15.6 Å². The number of nitrogens with zero attached hydrogens (tertiary/aromatic N) is 1. The Labute approximate surface area is 130 Å². The van der Waals surface area contributed by atoms with Gasteiger partial charge in [0.2, 0.25) is 0 Å². The summed E-state index contributed by atoms with van der Waals surface area (Å²) in [4.78, 5) is 17.5. The second kappa shape index (κ2) is 7.22. The summed E-state index contributed by atoms with van der Waals surface area (Å²) < 4.78 is 0. The third kappa shape index (κ3) is 4.68. The SMILES string of the molecule is CCc1cnc(C(C)NC(=O)NCC2(O)CCCCC2)s1. The summed E-state index contributed by atoms with van der Waals surface area (Å²) in [5, 5.41) is 16.9. The summed E-state index contributed by atoms with van der Waals surface area (Å²) in [6.45, 7) is 4.34. The molecule has 0 bridgehead atoms. The van der Waals surface area contributed by atoms with E-state index in [4.69, 9.17) is 0 Å². The summed E-state index contributed by atoms with van der Waals surface area (Å²) >= 11 is 1.63. The highest BCUT2D eigenvalue weighted by atomic mass is 32.1. The van der Waals surface area contributed by atoms with Gasteiger partial charge in [0.05, 0.1) is 11.6 Å². The number of nitrogens with one attached hydrogen (secondary N) is 2. The molecule has 0 aliphatic heterocycles. The maximum Gasteiger partial charge on any atom is 0.315 e. The summed E-state index contributed by atoms with van der Waals surface area (Å²) in [5.41, 5.74) is -0.727. The van der Waals surface area contributed by atoms with Gasteiger partial charge in [-0.15, -0.1) is 11.3 Å². The van der Waals surface area contributed by atoms with E-state index in [-0.39, 0.29) is 12.1 Å². The highest BCUT2D eigenvalue weighted by Gasteiger charge is 2.29. The number of aryl methyl sites for hydroxylation is 1. The zero-order chi connectivity index (χ0) is 15.3. The smallest absolute Gasteiger partial charge is 0.315 e. The van der Waals surface area contributed by atoms with Gasteiger partial charge in [-0.05, 0) is 26.2 Å². The van der Waals surface area contributed by atoms with Gasteiger partial charge in [-0.25, -0.2) is 9.78 Å². The van der Waals surface area contributed by atoms with Crippen LogP contribution in [0.3, 0.4) is 0 Å². The number of aromatic nitrogens is 1. The molecule has 0 spiro atoms. The van der Waals surface area contributed by atoms with Crippen molar-refractivity contribution in [2.24, 2.45) is 0 Å². The largest absolute Gasteiger partial charge is 0.388 e. The zero-order valence-electron chi connectivity index (χ0n) is 12.8. The fourth-order valence-corrected chi connectivity index (χ4v) is 3.49. The summed E-state index contributed by atoms with van der Waals surface area (Å²) in [7, 11) is 0. The number of urea groups is 1. The van der Waals surface area contributed by atoms with E-state index in [1.165, 1.54) is 11.3 Å². The predicted molar refractivity (Wildman–Crippen MR) is 84.5 cm³/mol. The number of amides is 2. The van der Waals surface area contributed by atoms with Crippen LogP contribution in [0.1, 0.15) is 61.9 Å². The number of hydrogen-bond acceptors (Lipinski definition) is 4. The highest BCUT2D eigenvalue weighted by Crippen LogP contribution is 2.27. The molecule has 1 saturated carbocycles. The Hall–Kier alpha value is -1.14. The first-order chi connectivity index (χ1) is 10.0. The minimum Gasteiger partial charge on any atom is -0.388 e. The van der Waals surface area contributed by atoms with Crippen LogP contribution in [-0.4, -0.2) is 28.3 Å². The fourth-order valence-electron chi connectivity index (χ4n) is 2.63. The first-order valence-corrected chi connectivity index (χ1v) is 8.55. The molecule has 2 amide bonds. The van der Waals surface area contributed by atoms with Crippen LogP contribution in [0.4, 0.5) is 4.79 Å². The maximum absolute atomic E-state index is 11.9. The lowest BCUT2D eigenvalue weighted by Gasteiger charge is -2.32. The number of carbonyl (C=O) groups excluding carboxylic acids is 1. The summed E-state index contributed by atoms with van der Waals surface area (Å²) in [6, 6.07) is -0.356. The van der Waals surface area contributed by atoms with Gasteiger partial charge in [-0.1, -0.05) is 26.2 Å². The second-order valence-electron chi connectivity index (χ2n) is 5.85. The van der Waals surface area contributed by atoms with Crippen molar-refractivity contribution >= 4 is 17.4 Å². The van der Waals surface area contributed by atoms with Crippen LogP contribution in [-0.2, 0) is 6.42 Å². The highest BCUT2D eigenvalue weighted by molar-refractivity contribution is 7.11. The Balaban J connectivity index is 1.78. The van der Waals surface area contributed by atoms with Crippen LogP contribution in [0.5, 0.6) is 0 Å². The molecule has 3 N–H and O–H groups in total. The summed E-state index contributed by atoms with van der Waals surface area (Å²) in [5.74, 6) is 0. The molecule has 0 aromatic carbocycles. The molecule has 0 radical (unpaired) electrons. The third-order valence-corrected chi connectivity index (χ3v) is 5.32. The van der Waals surface area contributed by atoms with Crippen LogP contribution in [0.15, 0.2) is 6.20 Å². The Morgan fingerprint density at radius 2 is 2.19 bits per heavy atom. The van der Waals surface area contributed by atoms with Crippen LogP contribution in [0.25, 0.3) is 0 Å². The van der Waals surface area contributed by atoms with Gasteiger partial charge in [0, 0.05) is 17.6 Å². The van der Waals surface area contributed by atoms with E-state index in [1.807, 2.05) is 13.1 Å². The molecule has 118 valence electrons. The Bertz CT molecular complexity index is 469. The van der Waals surface area contributed by atoms with Crippen molar-refractivity contribution in [1.29, 1.82) is 0 Å². The van der Waals surface area contributed by atoms with E-state index in [0.717, 1.165) is 37.1 Å². The number of hydrogen-bond donors (Lipinski definition) is 3. The van der Waals surface area contributed by atoms with Gasteiger partial charge < -0.3 is 15.7 Å². The van der Waals surface area contributed by atoms with Crippen molar-refractivity contribution < 1.29 is 9.90 Å². The monoisotopic (exact) mass is 311 g/mol. The predicted octanol–water partition coefficient (Wildman–Crippen LogP) is 2.76. The van der Waals surface area contributed by atoms with Gasteiger partial charge >= 0.3 is 6.03 Å². The van der Waals surface area contributed by atoms with Crippen LogP contribution in [0, 0.1) is 0 Å². The van der Waals surface area contributed by atoms with Crippen LogP contribution < -0.4 is 10.6 Å². The van der Waals surface area contributed by atoms with E-state index >= 15 is 0 Å². The Morgan fingerprint density at radius 3 is 2.81 bits per heavy atom. The maximum atomic E-state index is 11.9.